The van der Waals surface area contributed by atoms with Crippen LogP contribution in [0.25, 0.3) is 0 Å². The van der Waals surface area contributed by atoms with Gasteiger partial charge in [-0.25, -0.2) is 9.59 Å². The number of β-lactam (4-membered cyclic amide) rings is 1. The Labute approximate surface area is 204 Å². The predicted octanol–water partition coefficient (Wildman–Crippen LogP) is 2.76. The van der Waals surface area contributed by atoms with E-state index in [1.165, 1.54) is 34.9 Å². The molecular weight excluding hydrogens is 476 g/mol. The van der Waals surface area contributed by atoms with E-state index < -0.39 is 35.2 Å². The van der Waals surface area contributed by atoms with Crippen LogP contribution in [0.2, 0.25) is 0 Å². The number of nitrogens with zero attached hydrogens (tertiary/aromatic N) is 1. The van der Waals surface area contributed by atoms with Crippen LogP contribution in [-0.4, -0.2) is 62.9 Å². The molecule has 0 radical (unpaired) electrons. The zero-order valence-electron chi connectivity index (χ0n) is 18.2. The molecule has 1 saturated heterocycles. The van der Waals surface area contributed by atoms with Crippen LogP contribution in [0.3, 0.4) is 0 Å². The van der Waals surface area contributed by atoms with E-state index in [-0.39, 0.29) is 23.4 Å². The smallest absolute Gasteiger partial charge is 0.355 e. The Hall–Kier alpha value is -3.24. The molecular formula is C24H22N2O6S2. The van der Waals surface area contributed by atoms with Crippen LogP contribution in [0, 0.1) is 0 Å². The van der Waals surface area contributed by atoms with Crippen LogP contribution in [0.1, 0.15) is 26.3 Å². The van der Waals surface area contributed by atoms with Gasteiger partial charge in [-0.2, -0.15) is 11.8 Å². The van der Waals surface area contributed by atoms with Crippen molar-refractivity contribution in [3.8, 4) is 0 Å². The highest BCUT2D eigenvalue weighted by Gasteiger charge is 2.54. The van der Waals surface area contributed by atoms with E-state index in [0.717, 1.165) is 11.1 Å². The van der Waals surface area contributed by atoms with Crippen molar-refractivity contribution in [2.45, 2.75) is 18.0 Å². The quantitative estimate of drug-likeness (QED) is 0.422. The van der Waals surface area contributed by atoms with Gasteiger partial charge in [0.15, 0.2) is 0 Å². The first-order valence-electron chi connectivity index (χ1n) is 10.4. The molecule has 10 heteroatoms. The van der Waals surface area contributed by atoms with Gasteiger partial charge in [-0.3, -0.25) is 14.5 Å². The molecule has 0 aromatic heterocycles. The molecule has 2 N–H and O–H groups in total. The number of nitrogens with one attached hydrogen (secondary N) is 1. The molecule has 4 rings (SSSR count). The summed E-state index contributed by atoms with van der Waals surface area (Å²) >= 11 is 2.99. The Morgan fingerprint density at radius 1 is 1.12 bits per heavy atom. The van der Waals surface area contributed by atoms with Crippen LogP contribution in [0.4, 0.5) is 0 Å². The number of rotatable bonds is 8. The Balaban J connectivity index is 1.51. The highest BCUT2D eigenvalue weighted by molar-refractivity contribution is 8.00. The fourth-order valence-electron chi connectivity index (χ4n) is 3.84. The number of benzene rings is 2. The maximum atomic E-state index is 13.1. The van der Waals surface area contributed by atoms with Gasteiger partial charge in [0.1, 0.15) is 23.7 Å². The number of esters is 1. The fourth-order valence-corrected chi connectivity index (χ4v) is 5.90. The van der Waals surface area contributed by atoms with Gasteiger partial charge in [-0.15, -0.1) is 11.8 Å². The average molecular weight is 499 g/mol. The van der Waals surface area contributed by atoms with Gasteiger partial charge in [0, 0.05) is 11.5 Å². The number of amides is 2. The van der Waals surface area contributed by atoms with E-state index in [9.17, 15) is 24.3 Å². The van der Waals surface area contributed by atoms with Crippen molar-refractivity contribution in [3.05, 3.63) is 82.6 Å². The maximum Gasteiger partial charge on any atom is 0.355 e. The number of thioether (sulfide) groups is 2. The standard InChI is InChI=1S/C24H22N2O6S2/c1-33-12-15-13-34-22-18(25-20(27)16-9-5-6-10-17(16)23(29)30)21(28)26(22)19(15)24(31)32-11-14-7-3-2-4-8-14/h2-10,18,22H,11-13H2,1H3,(H,25,27)(H,29,30)/t18?,22-/m1/s1. The van der Waals surface area contributed by atoms with Gasteiger partial charge in [0.25, 0.3) is 11.8 Å². The first-order chi connectivity index (χ1) is 16.4. The predicted molar refractivity (Wildman–Crippen MR) is 129 cm³/mol. The summed E-state index contributed by atoms with van der Waals surface area (Å²) in [4.78, 5) is 51.7. The first-order valence-corrected chi connectivity index (χ1v) is 12.9. The summed E-state index contributed by atoms with van der Waals surface area (Å²) in [6, 6.07) is 14.2. The Kier molecular flexibility index (Phi) is 7.28. The lowest BCUT2D eigenvalue weighted by Gasteiger charge is -2.49. The van der Waals surface area contributed by atoms with Gasteiger partial charge < -0.3 is 15.2 Å². The molecule has 34 heavy (non-hydrogen) atoms. The largest absolute Gasteiger partial charge is 0.478 e. The lowest BCUT2D eigenvalue weighted by molar-refractivity contribution is -0.152. The summed E-state index contributed by atoms with van der Waals surface area (Å²) in [7, 11) is 0. The van der Waals surface area contributed by atoms with Gasteiger partial charge in [0.2, 0.25) is 0 Å². The maximum absolute atomic E-state index is 13.1. The fraction of sp³-hybridized carbons (Fsp3) is 0.250. The number of hydrogen-bond donors (Lipinski definition) is 2. The van der Waals surface area contributed by atoms with Crippen LogP contribution in [-0.2, 0) is 20.9 Å². The molecule has 2 heterocycles. The third-order valence-electron chi connectivity index (χ3n) is 5.46. The number of carboxylic acid groups (broad SMARTS) is 1. The molecule has 2 aliphatic heterocycles. The molecule has 0 bridgehead atoms. The van der Waals surface area contributed by atoms with E-state index in [1.54, 1.807) is 17.8 Å². The van der Waals surface area contributed by atoms with Gasteiger partial charge in [-0.1, -0.05) is 42.5 Å². The molecule has 2 amide bonds. The van der Waals surface area contributed by atoms with E-state index in [1.807, 2.05) is 36.6 Å². The molecule has 0 spiro atoms. The minimum Gasteiger partial charge on any atom is -0.478 e. The van der Waals surface area contributed by atoms with Crippen molar-refractivity contribution in [2.24, 2.45) is 0 Å². The van der Waals surface area contributed by atoms with Gasteiger partial charge >= 0.3 is 11.9 Å². The molecule has 8 nitrogen and oxygen atoms in total. The van der Waals surface area contributed by atoms with Crippen molar-refractivity contribution >= 4 is 47.3 Å². The molecule has 2 aromatic carbocycles. The minimum atomic E-state index is -1.23. The molecule has 0 aliphatic carbocycles. The van der Waals surface area contributed by atoms with E-state index >= 15 is 0 Å². The van der Waals surface area contributed by atoms with E-state index in [0.29, 0.717) is 11.5 Å². The number of ether oxygens (including phenoxy) is 1. The second-order valence-corrected chi connectivity index (χ2v) is 9.63. The van der Waals surface area contributed by atoms with E-state index in [2.05, 4.69) is 5.32 Å². The third-order valence-corrected chi connectivity index (χ3v) is 7.44. The van der Waals surface area contributed by atoms with Crippen molar-refractivity contribution in [3.63, 3.8) is 0 Å². The Bertz CT molecular complexity index is 1170. The number of carbonyl (C=O) groups excluding carboxylic acids is 3. The second kappa shape index (κ2) is 10.4. The Morgan fingerprint density at radius 3 is 2.47 bits per heavy atom. The van der Waals surface area contributed by atoms with E-state index in [4.69, 9.17) is 4.74 Å². The number of carbonyl (C=O) groups is 4. The molecule has 176 valence electrons. The molecule has 1 unspecified atom stereocenters. The zero-order valence-corrected chi connectivity index (χ0v) is 19.9. The summed E-state index contributed by atoms with van der Waals surface area (Å²) < 4.78 is 5.51. The highest BCUT2D eigenvalue weighted by atomic mass is 32.2. The average Bonchev–Trinajstić information content (AvgIpc) is 2.86. The van der Waals surface area contributed by atoms with Crippen LogP contribution in [0.15, 0.2) is 65.9 Å². The van der Waals surface area contributed by atoms with Crippen LogP contribution in [0.5, 0.6) is 0 Å². The normalized spacial score (nSPS) is 19.2. The summed E-state index contributed by atoms with van der Waals surface area (Å²) in [5.74, 6) is -1.79. The summed E-state index contributed by atoms with van der Waals surface area (Å²) in [6.07, 6.45) is 1.91. The first kappa shape index (κ1) is 23.9. The second-order valence-electron chi connectivity index (χ2n) is 7.66. The van der Waals surface area contributed by atoms with Gasteiger partial charge in [-0.05, 0) is 29.5 Å². The molecule has 2 aromatic rings. The SMILES string of the molecule is CSCC1=C(C(=O)OCc2ccccc2)N2C(=O)C(NC(=O)c3ccccc3C(=O)O)[C@H]2SC1. The monoisotopic (exact) mass is 498 g/mol. The van der Waals surface area contributed by atoms with Crippen LogP contribution >= 0.6 is 23.5 Å². The number of aromatic carboxylic acids is 1. The van der Waals surface area contributed by atoms with Crippen molar-refractivity contribution in [1.82, 2.24) is 10.2 Å². The van der Waals surface area contributed by atoms with Crippen molar-refractivity contribution in [1.29, 1.82) is 0 Å². The molecule has 1 fully saturated rings. The summed E-state index contributed by atoms with van der Waals surface area (Å²) in [6.45, 7) is 0.0850. The number of carboxylic acids is 1. The molecule has 2 atom stereocenters. The lowest BCUT2D eigenvalue weighted by atomic mass is 10.0. The summed E-state index contributed by atoms with van der Waals surface area (Å²) in [5.41, 5.74) is 1.70. The summed E-state index contributed by atoms with van der Waals surface area (Å²) in [5, 5.41) is 11.5. The lowest BCUT2D eigenvalue weighted by Crippen LogP contribution is -2.70. The number of hydrogen-bond acceptors (Lipinski definition) is 7. The topological polar surface area (TPSA) is 113 Å². The highest BCUT2D eigenvalue weighted by Crippen LogP contribution is 2.41. The third kappa shape index (κ3) is 4.69. The number of fused-ring (bicyclic) bond motifs is 1. The van der Waals surface area contributed by atoms with Gasteiger partial charge in [0.05, 0.1) is 11.1 Å². The zero-order chi connectivity index (χ0) is 24.2. The molecule has 0 saturated carbocycles. The Morgan fingerprint density at radius 2 is 1.79 bits per heavy atom. The molecule has 2 aliphatic rings. The van der Waals surface area contributed by atoms with Crippen molar-refractivity contribution < 1.29 is 29.0 Å². The van der Waals surface area contributed by atoms with Crippen LogP contribution < -0.4 is 5.32 Å². The van der Waals surface area contributed by atoms with Crippen molar-refractivity contribution in [2.75, 3.05) is 17.8 Å². The minimum absolute atomic E-state index is 0.0248.